The van der Waals surface area contributed by atoms with Gasteiger partial charge in [0.2, 0.25) is 11.7 Å². The van der Waals surface area contributed by atoms with E-state index in [4.69, 9.17) is 9.93 Å². The second-order valence-corrected chi connectivity index (χ2v) is 8.00. The van der Waals surface area contributed by atoms with E-state index in [0.717, 1.165) is 37.2 Å². The van der Waals surface area contributed by atoms with Gasteiger partial charge in [-0.1, -0.05) is 37.7 Å². The highest BCUT2D eigenvalue weighted by atomic mass is 19.3. The summed E-state index contributed by atoms with van der Waals surface area (Å²) in [5.41, 5.74) is 3.09. The Morgan fingerprint density at radius 1 is 1.29 bits per heavy atom. The van der Waals surface area contributed by atoms with Crippen molar-refractivity contribution in [3.05, 3.63) is 41.9 Å². The molecule has 2 aliphatic rings. The molecule has 0 atom stereocenters. The smallest absolute Gasteiger partial charge is 0.252 e. The Bertz CT molecular complexity index is 910. The van der Waals surface area contributed by atoms with Crippen LogP contribution < -0.4 is 5.32 Å². The molecule has 0 radical (unpaired) electrons. The van der Waals surface area contributed by atoms with Gasteiger partial charge in [-0.05, 0) is 25.8 Å². The average Bonchev–Trinajstić information content (AvgIpc) is 3.24. The first-order chi connectivity index (χ1) is 14.8. The number of halogens is 2. The Hall–Kier alpha value is -2.77. The summed E-state index contributed by atoms with van der Waals surface area (Å²) < 4.78 is 31.8. The van der Waals surface area contributed by atoms with Crippen molar-refractivity contribution in [2.75, 3.05) is 18.4 Å². The van der Waals surface area contributed by atoms with Crippen molar-refractivity contribution in [1.82, 2.24) is 15.0 Å². The number of piperidine rings is 1. The molecule has 2 aromatic rings. The minimum atomic E-state index is -2.59. The summed E-state index contributed by atoms with van der Waals surface area (Å²) in [6.45, 7) is 11.9. The minimum Gasteiger partial charge on any atom is -0.381 e. The zero-order chi connectivity index (χ0) is 22.6. The van der Waals surface area contributed by atoms with Crippen molar-refractivity contribution in [1.29, 1.82) is 5.41 Å². The van der Waals surface area contributed by atoms with Gasteiger partial charge in [0.25, 0.3) is 5.92 Å². The van der Waals surface area contributed by atoms with Gasteiger partial charge in [0.15, 0.2) is 0 Å². The van der Waals surface area contributed by atoms with Crippen LogP contribution in [-0.4, -0.2) is 46.3 Å². The molecule has 8 heteroatoms. The molecule has 0 bridgehead atoms. The summed E-state index contributed by atoms with van der Waals surface area (Å²) >= 11 is 0. The molecule has 168 valence electrons. The van der Waals surface area contributed by atoms with E-state index < -0.39 is 5.92 Å². The number of nitrogens with zero attached hydrogens (tertiary/aromatic N) is 3. The van der Waals surface area contributed by atoms with Gasteiger partial charge < -0.3 is 20.1 Å². The molecule has 2 fully saturated rings. The van der Waals surface area contributed by atoms with E-state index in [9.17, 15) is 8.78 Å². The molecule has 31 heavy (non-hydrogen) atoms. The van der Waals surface area contributed by atoms with Crippen molar-refractivity contribution in [3.63, 3.8) is 0 Å². The predicted molar refractivity (Wildman–Crippen MR) is 119 cm³/mol. The lowest BCUT2D eigenvalue weighted by Crippen LogP contribution is -2.44. The van der Waals surface area contributed by atoms with E-state index in [0.29, 0.717) is 23.0 Å². The molecule has 2 N–H and O–H groups in total. The Kier molecular flexibility index (Phi) is 7.08. The molecule has 1 aromatic heterocycles. The number of aromatic nitrogens is 2. The second kappa shape index (κ2) is 9.58. The van der Waals surface area contributed by atoms with Crippen LogP contribution in [0.3, 0.4) is 0 Å². The fourth-order valence-electron chi connectivity index (χ4n) is 3.96. The standard InChI is InChI=1S/C21H25F2N5O.C2H6/c1-13(2)28-7-5-14(6-8-28)20-26-19(27-29-20)15-3-4-16(12-24)18(9-15)25-17-10-21(22,23)11-17;1-2/h3-4,9,12,14,17,24-25H,1,5-8,10-11H2,2H3;1-2H3. The Labute approximate surface area is 182 Å². The van der Waals surface area contributed by atoms with Crippen LogP contribution in [0.4, 0.5) is 14.5 Å². The number of alkyl halides is 2. The predicted octanol–water partition coefficient (Wildman–Crippen LogP) is 5.68. The van der Waals surface area contributed by atoms with Crippen LogP contribution in [0.25, 0.3) is 11.4 Å². The monoisotopic (exact) mass is 431 g/mol. The van der Waals surface area contributed by atoms with E-state index in [1.165, 1.54) is 6.21 Å². The number of allylic oxidation sites excluding steroid dienone is 1. The van der Waals surface area contributed by atoms with Gasteiger partial charge in [0.1, 0.15) is 0 Å². The van der Waals surface area contributed by atoms with E-state index in [2.05, 4.69) is 26.9 Å². The third kappa shape index (κ3) is 5.29. The molecule has 0 spiro atoms. The maximum atomic E-state index is 13.1. The molecule has 4 rings (SSSR count). The van der Waals surface area contributed by atoms with Crippen molar-refractivity contribution in [3.8, 4) is 11.4 Å². The van der Waals surface area contributed by atoms with Gasteiger partial charge in [-0.15, -0.1) is 0 Å². The first-order valence-corrected chi connectivity index (χ1v) is 10.9. The van der Waals surface area contributed by atoms with Crippen LogP contribution in [0, 0.1) is 5.41 Å². The van der Waals surface area contributed by atoms with Crippen LogP contribution in [0.1, 0.15) is 63.8 Å². The fraction of sp³-hybridized carbons (Fsp3) is 0.522. The van der Waals surface area contributed by atoms with Crippen molar-refractivity contribution in [2.45, 2.75) is 64.3 Å². The molecule has 1 aliphatic carbocycles. The summed E-state index contributed by atoms with van der Waals surface area (Å²) in [7, 11) is 0. The van der Waals surface area contributed by atoms with Crippen molar-refractivity contribution in [2.24, 2.45) is 0 Å². The quantitative estimate of drug-likeness (QED) is 0.575. The summed E-state index contributed by atoms with van der Waals surface area (Å²) in [4.78, 5) is 6.84. The first-order valence-electron chi connectivity index (χ1n) is 10.9. The van der Waals surface area contributed by atoms with Crippen LogP contribution in [-0.2, 0) is 0 Å². The minimum absolute atomic E-state index is 0.191. The van der Waals surface area contributed by atoms with E-state index in [1.807, 2.05) is 26.8 Å². The molecular weight excluding hydrogens is 400 g/mol. The average molecular weight is 432 g/mol. The fourth-order valence-corrected chi connectivity index (χ4v) is 3.96. The molecule has 1 aromatic carbocycles. The number of likely N-dealkylation sites (tertiary alicyclic amines) is 1. The van der Waals surface area contributed by atoms with E-state index >= 15 is 0 Å². The second-order valence-electron chi connectivity index (χ2n) is 8.00. The van der Waals surface area contributed by atoms with Crippen LogP contribution in [0.15, 0.2) is 35.0 Å². The molecule has 6 nitrogen and oxygen atoms in total. The topological polar surface area (TPSA) is 78.0 Å². The van der Waals surface area contributed by atoms with Crippen molar-refractivity contribution >= 4 is 11.9 Å². The SMILES string of the molecule is C=C(C)N1CCC(c2nc(-c3ccc(C=N)c(NC4CC(F)(F)C4)c3)no2)CC1.CC. The van der Waals surface area contributed by atoms with Gasteiger partial charge in [-0.3, -0.25) is 0 Å². The lowest BCUT2D eigenvalue weighted by molar-refractivity contribution is -0.0793. The highest BCUT2D eigenvalue weighted by Gasteiger charge is 2.45. The molecule has 1 saturated heterocycles. The Morgan fingerprint density at radius 2 is 1.97 bits per heavy atom. The normalized spacial score (nSPS) is 18.5. The Balaban J connectivity index is 0.00000132. The molecular formula is C23H31F2N5O. The summed E-state index contributed by atoms with van der Waals surface area (Å²) in [6, 6.07) is 5.09. The summed E-state index contributed by atoms with van der Waals surface area (Å²) in [5, 5.41) is 14.8. The number of nitrogens with one attached hydrogen (secondary N) is 2. The lowest BCUT2D eigenvalue weighted by Gasteiger charge is -2.36. The zero-order valence-electron chi connectivity index (χ0n) is 18.4. The van der Waals surface area contributed by atoms with E-state index in [-0.39, 0.29) is 24.8 Å². The lowest BCUT2D eigenvalue weighted by atomic mass is 9.88. The van der Waals surface area contributed by atoms with Crippen LogP contribution >= 0.6 is 0 Å². The molecule has 1 saturated carbocycles. The van der Waals surface area contributed by atoms with Crippen LogP contribution in [0.5, 0.6) is 0 Å². The highest BCUT2D eigenvalue weighted by Crippen LogP contribution is 2.40. The summed E-state index contributed by atoms with van der Waals surface area (Å²) in [6.07, 6.45) is 2.70. The van der Waals surface area contributed by atoms with Gasteiger partial charge >= 0.3 is 0 Å². The first kappa shape index (κ1) is 22.9. The van der Waals surface area contributed by atoms with Crippen molar-refractivity contribution < 1.29 is 13.3 Å². The van der Waals surface area contributed by atoms with Gasteiger partial charge in [-0.2, -0.15) is 4.98 Å². The van der Waals surface area contributed by atoms with Gasteiger partial charge in [-0.25, -0.2) is 8.78 Å². The summed E-state index contributed by atoms with van der Waals surface area (Å²) in [5.74, 6) is -1.27. The third-order valence-electron chi connectivity index (χ3n) is 5.74. The molecule has 1 aliphatic heterocycles. The van der Waals surface area contributed by atoms with Gasteiger partial charge in [0.05, 0.1) is 0 Å². The number of hydrogen-bond acceptors (Lipinski definition) is 6. The maximum absolute atomic E-state index is 13.1. The number of benzene rings is 1. The third-order valence-corrected chi connectivity index (χ3v) is 5.74. The highest BCUT2D eigenvalue weighted by molar-refractivity contribution is 5.87. The molecule has 2 heterocycles. The number of hydrogen-bond donors (Lipinski definition) is 2. The number of anilines is 1. The molecule has 0 amide bonds. The Morgan fingerprint density at radius 3 is 2.55 bits per heavy atom. The molecule has 0 unspecified atom stereocenters. The maximum Gasteiger partial charge on any atom is 0.252 e. The number of rotatable bonds is 6. The van der Waals surface area contributed by atoms with E-state index in [1.54, 1.807) is 12.1 Å². The van der Waals surface area contributed by atoms with Crippen LogP contribution in [0.2, 0.25) is 0 Å². The zero-order valence-corrected chi connectivity index (χ0v) is 18.4. The van der Waals surface area contributed by atoms with Gasteiger partial charge in [0, 0.05) is 66.6 Å². The largest absolute Gasteiger partial charge is 0.381 e.